The molecule has 1 rings (SSSR count). The molecule has 0 unspecified atom stereocenters. The van der Waals surface area contributed by atoms with Crippen LogP contribution in [0.25, 0.3) is 6.08 Å². The quantitative estimate of drug-likeness (QED) is 0.549. The molecule has 0 spiro atoms. The Hall–Kier alpha value is -1.71. The average Bonchev–Trinajstić information content (AvgIpc) is 2.14. The van der Waals surface area contributed by atoms with E-state index in [9.17, 15) is 13.6 Å². The molecule has 74 valence electrons. The van der Waals surface area contributed by atoms with Crippen LogP contribution in [0.4, 0.5) is 8.78 Å². The smallest absolute Gasteiger partial charge is 0.168 e. The average molecular weight is 198 g/mol. The van der Waals surface area contributed by atoms with Gasteiger partial charge in [-0.15, -0.1) is 0 Å². The molecule has 0 aliphatic carbocycles. The number of halogens is 2. The fourth-order valence-corrected chi connectivity index (χ4v) is 1.06. The van der Waals surface area contributed by atoms with Crippen molar-refractivity contribution >= 4 is 12.4 Å². The molecule has 0 radical (unpaired) electrons. The van der Waals surface area contributed by atoms with E-state index in [1.807, 2.05) is 0 Å². The predicted octanol–water partition coefficient (Wildman–Crippen LogP) is 2.19. The van der Waals surface area contributed by atoms with Crippen molar-refractivity contribution in [1.82, 2.24) is 0 Å². The van der Waals surface area contributed by atoms with Gasteiger partial charge in [0.1, 0.15) is 12.1 Å². The van der Waals surface area contributed by atoms with Crippen molar-refractivity contribution in [2.24, 2.45) is 0 Å². The van der Waals surface area contributed by atoms with Gasteiger partial charge in [-0.2, -0.15) is 0 Å². The lowest BCUT2D eigenvalue weighted by Gasteiger charge is -2.05. The van der Waals surface area contributed by atoms with E-state index in [0.717, 1.165) is 18.2 Å². The van der Waals surface area contributed by atoms with Crippen LogP contribution >= 0.6 is 0 Å². The summed E-state index contributed by atoms with van der Waals surface area (Å²) < 4.78 is 30.5. The number of carbonyl (C=O) groups is 1. The molecule has 0 saturated carbocycles. The molecule has 0 fully saturated rings. The fourth-order valence-electron chi connectivity index (χ4n) is 1.06. The van der Waals surface area contributed by atoms with Gasteiger partial charge in [0.25, 0.3) is 0 Å². The summed E-state index contributed by atoms with van der Waals surface area (Å²) in [5.74, 6) is -1.59. The van der Waals surface area contributed by atoms with Gasteiger partial charge in [0, 0.05) is 11.6 Å². The van der Waals surface area contributed by atoms with E-state index in [1.165, 1.54) is 13.2 Å². The first-order valence-electron chi connectivity index (χ1n) is 3.84. The van der Waals surface area contributed by atoms with Crippen molar-refractivity contribution < 1.29 is 18.3 Å². The van der Waals surface area contributed by atoms with Crippen LogP contribution in [0, 0.1) is 11.6 Å². The zero-order valence-electron chi connectivity index (χ0n) is 7.46. The lowest BCUT2D eigenvalue weighted by molar-refractivity contribution is -0.104. The number of benzene rings is 1. The molecular weight excluding hydrogens is 190 g/mol. The van der Waals surface area contributed by atoms with Crippen molar-refractivity contribution in [3.05, 3.63) is 35.4 Å². The Labute approximate surface area is 79.8 Å². The SMILES string of the molecule is COc1c(F)cc(F)cc1C=CC=O. The van der Waals surface area contributed by atoms with Crippen LogP contribution in [0.5, 0.6) is 5.75 Å². The zero-order chi connectivity index (χ0) is 10.6. The maximum atomic E-state index is 13.1. The van der Waals surface area contributed by atoms with Gasteiger partial charge in [0.2, 0.25) is 0 Å². The summed E-state index contributed by atoms with van der Waals surface area (Å²) in [4.78, 5) is 10.0. The van der Waals surface area contributed by atoms with Crippen LogP contribution in [-0.2, 0) is 4.79 Å². The Kier molecular flexibility index (Phi) is 3.34. The molecule has 2 nitrogen and oxygen atoms in total. The normalized spacial score (nSPS) is 10.5. The molecule has 0 N–H and O–H groups in total. The van der Waals surface area contributed by atoms with Crippen molar-refractivity contribution in [3.63, 3.8) is 0 Å². The number of carbonyl (C=O) groups excluding carboxylic acids is 1. The van der Waals surface area contributed by atoms with Crippen LogP contribution in [0.3, 0.4) is 0 Å². The molecule has 0 aromatic heterocycles. The van der Waals surface area contributed by atoms with Gasteiger partial charge in [0.15, 0.2) is 11.6 Å². The maximum absolute atomic E-state index is 13.1. The number of hydrogen-bond donors (Lipinski definition) is 0. The minimum atomic E-state index is -0.793. The van der Waals surface area contributed by atoms with Crippen LogP contribution in [-0.4, -0.2) is 13.4 Å². The molecule has 4 heteroatoms. The molecule has 0 amide bonds. The van der Waals surface area contributed by atoms with E-state index >= 15 is 0 Å². The highest BCUT2D eigenvalue weighted by Crippen LogP contribution is 2.24. The number of hydrogen-bond acceptors (Lipinski definition) is 2. The highest BCUT2D eigenvalue weighted by Gasteiger charge is 2.09. The van der Waals surface area contributed by atoms with Crippen molar-refractivity contribution in [3.8, 4) is 5.75 Å². The molecule has 1 aromatic rings. The van der Waals surface area contributed by atoms with Gasteiger partial charge in [-0.25, -0.2) is 8.78 Å². The molecule has 0 atom stereocenters. The number of rotatable bonds is 3. The Morgan fingerprint density at radius 2 is 2.07 bits per heavy atom. The fraction of sp³-hybridized carbons (Fsp3) is 0.100. The Morgan fingerprint density at radius 3 is 2.64 bits per heavy atom. The first-order valence-corrected chi connectivity index (χ1v) is 3.84. The van der Waals surface area contributed by atoms with Crippen LogP contribution in [0.1, 0.15) is 5.56 Å². The molecule has 0 heterocycles. The van der Waals surface area contributed by atoms with Gasteiger partial charge >= 0.3 is 0 Å². The Morgan fingerprint density at radius 1 is 1.36 bits per heavy atom. The van der Waals surface area contributed by atoms with Gasteiger partial charge < -0.3 is 4.74 Å². The van der Waals surface area contributed by atoms with Gasteiger partial charge in [0.05, 0.1) is 7.11 Å². The second-order valence-corrected chi connectivity index (χ2v) is 2.51. The van der Waals surface area contributed by atoms with Crippen LogP contribution < -0.4 is 4.74 Å². The molecule has 1 aromatic carbocycles. The van der Waals surface area contributed by atoms with E-state index in [4.69, 9.17) is 4.74 Å². The highest BCUT2D eigenvalue weighted by atomic mass is 19.1. The van der Waals surface area contributed by atoms with Gasteiger partial charge in [-0.3, -0.25) is 4.79 Å². The standard InChI is InChI=1S/C10H8F2O2/c1-14-10-7(3-2-4-13)5-8(11)6-9(10)12/h2-6H,1H3. The monoisotopic (exact) mass is 198 g/mol. The van der Waals surface area contributed by atoms with E-state index in [2.05, 4.69) is 0 Å². The Balaban J connectivity index is 3.24. The molecule has 0 aliphatic rings. The second-order valence-electron chi connectivity index (χ2n) is 2.51. The summed E-state index contributed by atoms with van der Waals surface area (Å²) >= 11 is 0. The van der Waals surface area contributed by atoms with Gasteiger partial charge in [-0.1, -0.05) is 0 Å². The predicted molar refractivity (Wildman–Crippen MR) is 48.0 cm³/mol. The van der Waals surface area contributed by atoms with Crippen molar-refractivity contribution in [1.29, 1.82) is 0 Å². The lowest BCUT2D eigenvalue weighted by Crippen LogP contribution is -1.93. The van der Waals surface area contributed by atoms with Crippen LogP contribution in [0.2, 0.25) is 0 Å². The first-order chi connectivity index (χ1) is 6.69. The summed E-state index contributed by atoms with van der Waals surface area (Å²) in [6.07, 6.45) is 2.93. The number of allylic oxidation sites excluding steroid dienone is 1. The van der Waals surface area contributed by atoms with Gasteiger partial charge in [-0.05, 0) is 18.2 Å². The summed E-state index contributed by atoms with van der Waals surface area (Å²) in [6, 6.07) is 1.80. The third kappa shape index (κ3) is 2.16. The molecule has 0 bridgehead atoms. The molecule has 14 heavy (non-hydrogen) atoms. The number of methoxy groups -OCH3 is 1. The second kappa shape index (κ2) is 4.50. The van der Waals surface area contributed by atoms with E-state index in [0.29, 0.717) is 6.29 Å². The summed E-state index contributed by atoms with van der Waals surface area (Å²) in [5.41, 5.74) is 0.192. The van der Waals surface area contributed by atoms with Crippen LogP contribution in [0.15, 0.2) is 18.2 Å². The Bertz CT molecular complexity index is 373. The minimum absolute atomic E-state index is 0.0792. The highest BCUT2D eigenvalue weighted by molar-refractivity contribution is 5.75. The van der Waals surface area contributed by atoms with E-state index in [-0.39, 0.29) is 11.3 Å². The zero-order valence-corrected chi connectivity index (χ0v) is 7.46. The number of aldehydes is 1. The molecule has 0 aliphatic heterocycles. The lowest BCUT2D eigenvalue weighted by atomic mass is 10.1. The maximum Gasteiger partial charge on any atom is 0.168 e. The topological polar surface area (TPSA) is 26.3 Å². The van der Waals surface area contributed by atoms with Crippen molar-refractivity contribution in [2.75, 3.05) is 7.11 Å². The summed E-state index contributed by atoms with van der Waals surface area (Å²) in [5, 5.41) is 0. The third-order valence-electron chi connectivity index (χ3n) is 1.60. The molecule has 0 saturated heterocycles. The number of ether oxygens (including phenoxy) is 1. The summed E-state index contributed by atoms with van der Waals surface area (Å²) in [7, 11) is 1.27. The largest absolute Gasteiger partial charge is 0.493 e. The van der Waals surface area contributed by atoms with E-state index < -0.39 is 11.6 Å². The summed E-state index contributed by atoms with van der Waals surface area (Å²) in [6.45, 7) is 0. The third-order valence-corrected chi connectivity index (χ3v) is 1.60. The molecular formula is C10H8F2O2. The first kappa shape index (κ1) is 10.4. The minimum Gasteiger partial charge on any atom is -0.493 e. The van der Waals surface area contributed by atoms with Crippen molar-refractivity contribution in [2.45, 2.75) is 0 Å². The van der Waals surface area contributed by atoms with E-state index in [1.54, 1.807) is 0 Å².